The van der Waals surface area contributed by atoms with E-state index in [9.17, 15) is 0 Å². The standard InChI is InChI=1S/C14H15N5O/c1-8-4-10-11(5-9(8)2)19(7-18-10)13-12(15)14(20-3)17-6-16-13/h4-7H,15H2,1-3H3. The molecule has 0 radical (unpaired) electrons. The van der Waals surface area contributed by atoms with Gasteiger partial charge in [0, 0.05) is 0 Å². The molecule has 0 aliphatic heterocycles. The van der Waals surface area contributed by atoms with E-state index in [0.717, 1.165) is 11.0 Å². The molecule has 0 unspecified atom stereocenters. The molecule has 6 heteroatoms. The van der Waals surface area contributed by atoms with E-state index in [2.05, 4.69) is 40.9 Å². The summed E-state index contributed by atoms with van der Waals surface area (Å²) in [5.74, 6) is 0.934. The Kier molecular flexibility index (Phi) is 2.78. The van der Waals surface area contributed by atoms with Gasteiger partial charge in [-0.1, -0.05) is 0 Å². The van der Waals surface area contributed by atoms with Crippen LogP contribution in [0.2, 0.25) is 0 Å². The SMILES string of the molecule is COc1ncnc(-n2cnc3cc(C)c(C)cc32)c1N. The average Bonchev–Trinajstić information content (AvgIpc) is 2.82. The Morgan fingerprint density at radius 2 is 1.85 bits per heavy atom. The first-order chi connectivity index (χ1) is 9.61. The van der Waals surface area contributed by atoms with Crippen LogP contribution >= 0.6 is 0 Å². The summed E-state index contributed by atoms with van der Waals surface area (Å²) >= 11 is 0. The van der Waals surface area contributed by atoms with Crippen molar-refractivity contribution in [2.75, 3.05) is 12.8 Å². The Hall–Kier alpha value is -2.63. The normalized spacial score (nSPS) is 10.9. The number of benzene rings is 1. The summed E-state index contributed by atoms with van der Waals surface area (Å²) in [6.45, 7) is 4.13. The van der Waals surface area contributed by atoms with E-state index < -0.39 is 0 Å². The molecule has 20 heavy (non-hydrogen) atoms. The number of aromatic nitrogens is 4. The maximum atomic E-state index is 6.05. The topological polar surface area (TPSA) is 78.9 Å². The molecule has 2 heterocycles. The lowest BCUT2D eigenvalue weighted by atomic mass is 10.1. The number of methoxy groups -OCH3 is 1. The minimum atomic E-state index is 0.362. The molecule has 0 saturated heterocycles. The average molecular weight is 269 g/mol. The van der Waals surface area contributed by atoms with Gasteiger partial charge in [-0.25, -0.2) is 9.97 Å². The van der Waals surface area contributed by atoms with Gasteiger partial charge in [-0.15, -0.1) is 0 Å². The third-order valence-corrected chi connectivity index (χ3v) is 3.41. The van der Waals surface area contributed by atoms with Crippen LogP contribution < -0.4 is 10.5 Å². The largest absolute Gasteiger partial charge is 0.479 e. The molecule has 102 valence electrons. The van der Waals surface area contributed by atoms with E-state index in [0.29, 0.717) is 17.4 Å². The molecule has 0 saturated carbocycles. The van der Waals surface area contributed by atoms with E-state index in [4.69, 9.17) is 10.5 Å². The fourth-order valence-electron chi connectivity index (χ4n) is 2.16. The number of nitrogen functional groups attached to an aromatic ring is 1. The highest BCUT2D eigenvalue weighted by Crippen LogP contribution is 2.27. The van der Waals surface area contributed by atoms with Gasteiger partial charge < -0.3 is 10.5 Å². The second kappa shape index (κ2) is 4.48. The second-order valence-corrected chi connectivity index (χ2v) is 4.66. The zero-order valence-corrected chi connectivity index (χ0v) is 11.6. The van der Waals surface area contributed by atoms with Crippen LogP contribution in [-0.4, -0.2) is 26.6 Å². The van der Waals surface area contributed by atoms with Crippen LogP contribution in [0.25, 0.3) is 16.9 Å². The van der Waals surface area contributed by atoms with Crippen LogP contribution in [0.3, 0.4) is 0 Å². The highest BCUT2D eigenvalue weighted by molar-refractivity contribution is 5.80. The van der Waals surface area contributed by atoms with Gasteiger partial charge in [0.05, 0.1) is 18.1 Å². The van der Waals surface area contributed by atoms with E-state index >= 15 is 0 Å². The van der Waals surface area contributed by atoms with Crippen molar-refractivity contribution in [1.82, 2.24) is 19.5 Å². The summed E-state index contributed by atoms with van der Waals surface area (Å²) in [7, 11) is 1.53. The predicted molar refractivity (Wildman–Crippen MR) is 77.1 cm³/mol. The van der Waals surface area contributed by atoms with Crippen LogP contribution in [0.5, 0.6) is 5.88 Å². The summed E-state index contributed by atoms with van der Waals surface area (Å²) in [5, 5.41) is 0. The van der Waals surface area contributed by atoms with Crippen molar-refractivity contribution in [3.8, 4) is 11.7 Å². The highest BCUT2D eigenvalue weighted by Gasteiger charge is 2.13. The maximum absolute atomic E-state index is 6.05. The molecule has 0 bridgehead atoms. The minimum absolute atomic E-state index is 0.362. The zero-order chi connectivity index (χ0) is 14.3. The van der Waals surface area contributed by atoms with E-state index in [-0.39, 0.29) is 0 Å². The third-order valence-electron chi connectivity index (χ3n) is 3.41. The van der Waals surface area contributed by atoms with Crippen molar-refractivity contribution < 1.29 is 4.74 Å². The quantitative estimate of drug-likeness (QED) is 0.770. The molecule has 0 atom stereocenters. The number of hydrogen-bond acceptors (Lipinski definition) is 5. The van der Waals surface area contributed by atoms with Gasteiger partial charge in [0.15, 0.2) is 5.82 Å². The number of rotatable bonds is 2. The van der Waals surface area contributed by atoms with Crippen molar-refractivity contribution >= 4 is 16.7 Å². The van der Waals surface area contributed by atoms with Crippen LogP contribution in [0.4, 0.5) is 5.69 Å². The first kappa shape index (κ1) is 12.4. The maximum Gasteiger partial charge on any atom is 0.242 e. The molecule has 2 aromatic heterocycles. The van der Waals surface area contributed by atoms with Gasteiger partial charge in [-0.3, -0.25) is 4.57 Å². The van der Waals surface area contributed by atoms with Gasteiger partial charge in [-0.2, -0.15) is 4.98 Å². The van der Waals surface area contributed by atoms with Crippen molar-refractivity contribution in [2.24, 2.45) is 0 Å². The molecule has 0 spiro atoms. The lowest BCUT2D eigenvalue weighted by Gasteiger charge is -2.09. The molecule has 6 nitrogen and oxygen atoms in total. The summed E-state index contributed by atoms with van der Waals surface area (Å²) in [5.41, 5.74) is 10.7. The monoisotopic (exact) mass is 269 g/mol. The van der Waals surface area contributed by atoms with Gasteiger partial charge in [0.1, 0.15) is 18.3 Å². The fourth-order valence-corrected chi connectivity index (χ4v) is 2.16. The van der Waals surface area contributed by atoms with Crippen molar-refractivity contribution in [1.29, 1.82) is 0 Å². The molecule has 3 rings (SSSR count). The summed E-state index contributed by atoms with van der Waals surface area (Å²) in [4.78, 5) is 12.6. The van der Waals surface area contributed by atoms with E-state index in [1.54, 1.807) is 6.33 Å². The number of ether oxygens (including phenoxy) is 1. The Labute approximate surface area is 116 Å². The molecule has 0 amide bonds. The van der Waals surface area contributed by atoms with E-state index in [1.807, 2.05) is 4.57 Å². The lowest BCUT2D eigenvalue weighted by Crippen LogP contribution is -2.05. The first-order valence-corrected chi connectivity index (χ1v) is 6.21. The van der Waals surface area contributed by atoms with E-state index in [1.165, 1.54) is 24.6 Å². The van der Waals surface area contributed by atoms with Crippen molar-refractivity contribution in [3.63, 3.8) is 0 Å². The molecule has 0 aliphatic rings. The number of fused-ring (bicyclic) bond motifs is 1. The van der Waals surface area contributed by atoms with Crippen molar-refractivity contribution in [2.45, 2.75) is 13.8 Å². The van der Waals surface area contributed by atoms with Crippen LogP contribution in [0.1, 0.15) is 11.1 Å². The molecule has 0 aliphatic carbocycles. The fraction of sp³-hybridized carbons (Fsp3) is 0.214. The van der Waals surface area contributed by atoms with Gasteiger partial charge >= 0.3 is 0 Å². The molecule has 3 aromatic rings. The summed E-state index contributed by atoms with van der Waals surface area (Å²) in [6, 6.07) is 4.13. The van der Waals surface area contributed by atoms with Gasteiger partial charge in [0.25, 0.3) is 0 Å². The zero-order valence-electron chi connectivity index (χ0n) is 11.6. The number of hydrogen-bond donors (Lipinski definition) is 1. The van der Waals surface area contributed by atoms with Crippen LogP contribution in [0.15, 0.2) is 24.8 Å². The number of anilines is 1. The van der Waals surface area contributed by atoms with Crippen LogP contribution in [-0.2, 0) is 0 Å². The minimum Gasteiger partial charge on any atom is -0.479 e. The lowest BCUT2D eigenvalue weighted by molar-refractivity contribution is 0.399. The Morgan fingerprint density at radius 3 is 2.60 bits per heavy atom. The third kappa shape index (κ3) is 1.77. The Morgan fingerprint density at radius 1 is 1.10 bits per heavy atom. The summed E-state index contributed by atoms with van der Waals surface area (Å²) in [6.07, 6.45) is 3.14. The van der Waals surface area contributed by atoms with Crippen LogP contribution in [0, 0.1) is 13.8 Å². The number of nitrogens with zero attached hydrogens (tertiary/aromatic N) is 4. The number of imidazole rings is 1. The Balaban J connectivity index is 2.28. The van der Waals surface area contributed by atoms with Gasteiger partial charge in [-0.05, 0) is 37.1 Å². The molecule has 2 N–H and O–H groups in total. The highest BCUT2D eigenvalue weighted by atomic mass is 16.5. The predicted octanol–water partition coefficient (Wildman–Crippen LogP) is 2.02. The van der Waals surface area contributed by atoms with Crippen molar-refractivity contribution in [3.05, 3.63) is 35.9 Å². The smallest absolute Gasteiger partial charge is 0.242 e. The summed E-state index contributed by atoms with van der Waals surface area (Å²) < 4.78 is 6.98. The molecular formula is C14H15N5O. The van der Waals surface area contributed by atoms with Gasteiger partial charge in [0.2, 0.25) is 5.88 Å². The molecule has 0 fully saturated rings. The first-order valence-electron chi connectivity index (χ1n) is 6.21. The Bertz CT molecular complexity index is 794. The molecule has 1 aromatic carbocycles. The second-order valence-electron chi connectivity index (χ2n) is 4.66. The number of nitrogens with two attached hydrogens (primary N) is 1. The number of aryl methyl sites for hydroxylation is 2. The molecular weight excluding hydrogens is 254 g/mol.